The summed E-state index contributed by atoms with van der Waals surface area (Å²) in [5.74, 6) is -0.336. The lowest BCUT2D eigenvalue weighted by Crippen LogP contribution is -2.29. The summed E-state index contributed by atoms with van der Waals surface area (Å²) in [4.78, 5) is 25.4. The topological polar surface area (TPSA) is 94.4 Å². The molecule has 1 aliphatic rings. The average Bonchev–Trinajstić information content (AvgIpc) is 3.08. The van der Waals surface area contributed by atoms with Crippen LogP contribution in [0.15, 0.2) is 18.3 Å². The van der Waals surface area contributed by atoms with Gasteiger partial charge in [-0.1, -0.05) is 0 Å². The maximum Gasteiger partial charge on any atom is 0.287 e. The SMILES string of the molecule is CCO[C@@H]1C[C@H]1NC(=O)c1ccc([N+](=O)[O-])cn1. The van der Waals surface area contributed by atoms with Crippen molar-refractivity contribution in [1.29, 1.82) is 0 Å². The molecule has 1 N–H and O–H groups in total. The van der Waals surface area contributed by atoms with Crippen molar-refractivity contribution < 1.29 is 14.5 Å². The number of ether oxygens (including phenoxy) is 1. The molecule has 1 fully saturated rings. The van der Waals surface area contributed by atoms with Gasteiger partial charge in [0, 0.05) is 12.7 Å². The van der Waals surface area contributed by atoms with Gasteiger partial charge in [0.1, 0.15) is 11.9 Å². The van der Waals surface area contributed by atoms with Crippen LogP contribution >= 0.6 is 0 Å². The molecular weight excluding hydrogens is 238 g/mol. The van der Waals surface area contributed by atoms with Gasteiger partial charge in [0.2, 0.25) is 0 Å². The first-order valence-corrected chi connectivity index (χ1v) is 5.64. The largest absolute Gasteiger partial charge is 0.376 e. The smallest absolute Gasteiger partial charge is 0.287 e. The van der Waals surface area contributed by atoms with Crippen LogP contribution < -0.4 is 5.32 Å². The molecule has 2 rings (SSSR count). The minimum Gasteiger partial charge on any atom is -0.376 e. The lowest BCUT2D eigenvalue weighted by Gasteiger charge is -2.03. The third kappa shape index (κ3) is 2.80. The van der Waals surface area contributed by atoms with Crippen molar-refractivity contribution in [3.8, 4) is 0 Å². The van der Waals surface area contributed by atoms with Crippen molar-refractivity contribution in [2.75, 3.05) is 6.61 Å². The summed E-state index contributed by atoms with van der Waals surface area (Å²) < 4.78 is 5.33. The Labute approximate surface area is 103 Å². The van der Waals surface area contributed by atoms with Crippen molar-refractivity contribution >= 4 is 11.6 Å². The van der Waals surface area contributed by atoms with Crippen molar-refractivity contribution in [2.45, 2.75) is 25.5 Å². The second-order valence-corrected chi connectivity index (χ2v) is 3.97. The number of nitrogens with zero attached hydrogens (tertiary/aromatic N) is 2. The highest BCUT2D eigenvalue weighted by molar-refractivity contribution is 5.92. The molecule has 0 bridgehead atoms. The van der Waals surface area contributed by atoms with E-state index >= 15 is 0 Å². The van der Waals surface area contributed by atoms with Gasteiger partial charge in [-0.25, -0.2) is 4.98 Å². The second kappa shape index (κ2) is 5.09. The molecule has 0 radical (unpaired) electrons. The summed E-state index contributed by atoms with van der Waals surface area (Å²) in [6.45, 7) is 2.52. The lowest BCUT2D eigenvalue weighted by molar-refractivity contribution is -0.385. The third-order valence-corrected chi connectivity index (χ3v) is 2.62. The predicted octanol–water partition coefficient (Wildman–Crippen LogP) is 0.897. The van der Waals surface area contributed by atoms with E-state index in [1.165, 1.54) is 12.1 Å². The van der Waals surface area contributed by atoms with Gasteiger partial charge in [-0.3, -0.25) is 14.9 Å². The van der Waals surface area contributed by atoms with Gasteiger partial charge in [-0.05, 0) is 19.4 Å². The van der Waals surface area contributed by atoms with Crippen molar-refractivity contribution in [1.82, 2.24) is 10.3 Å². The van der Waals surface area contributed by atoms with Gasteiger partial charge >= 0.3 is 0 Å². The van der Waals surface area contributed by atoms with Crippen LogP contribution in [0.2, 0.25) is 0 Å². The molecule has 7 nitrogen and oxygen atoms in total. The van der Waals surface area contributed by atoms with Crippen LogP contribution in [-0.2, 0) is 4.74 Å². The highest BCUT2D eigenvalue weighted by atomic mass is 16.6. The summed E-state index contributed by atoms with van der Waals surface area (Å²) in [6.07, 6.45) is 1.95. The molecule has 1 heterocycles. The Hall–Kier alpha value is -2.02. The molecule has 2 atom stereocenters. The molecule has 18 heavy (non-hydrogen) atoms. The molecule has 0 saturated heterocycles. The average molecular weight is 251 g/mol. The number of nitro groups is 1. The minimum atomic E-state index is -0.555. The fourth-order valence-electron chi connectivity index (χ4n) is 1.59. The highest BCUT2D eigenvalue weighted by Crippen LogP contribution is 2.25. The molecule has 1 saturated carbocycles. The summed E-state index contributed by atoms with van der Waals surface area (Å²) in [5, 5.41) is 13.2. The number of amides is 1. The van der Waals surface area contributed by atoms with E-state index < -0.39 is 4.92 Å². The van der Waals surface area contributed by atoms with Gasteiger partial charge in [-0.15, -0.1) is 0 Å². The Morgan fingerprint density at radius 2 is 2.44 bits per heavy atom. The van der Waals surface area contributed by atoms with Crippen LogP contribution in [0.25, 0.3) is 0 Å². The van der Waals surface area contributed by atoms with Gasteiger partial charge in [0.05, 0.1) is 17.1 Å². The molecule has 0 aliphatic heterocycles. The van der Waals surface area contributed by atoms with Crippen molar-refractivity contribution in [3.05, 3.63) is 34.1 Å². The van der Waals surface area contributed by atoms with Crippen LogP contribution in [-0.4, -0.2) is 34.6 Å². The minimum absolute atomic E-state index is 0.0226. The fraction of sp³-hybridized carbons (Fsp3) is 0.455. The standard InChI is InChI=1S/C11H13N3O4/c1-2-18-10-5-9(10)13-11(15)8-4-3-7(6-12-8)14(16)17/h3-4,6,9-10H,2,5H2,1H3,(H,13,15)/t9-,10-/m1/s1. The molecule has 1 amide bonds. The number of hydrogen-bond donors (Lipinski definition) is 1. The molecular formula is C11H13N3O4. The van der Waals surface area contributed by atoms with Crippen molar-refractivity contribution in [3.63, 3.8) is 0 Å². The van der Waals surface area contributed by atoms with E-state index in [2.05, 4.69) is 10.3 Å². The number of aromatic nitrogens is 1. The predicted molar refractivity (Wildman–Crippen MR) is 62.2 cm³/mol. The van der Waals surface area contributed by atoms with Crippen LogP contribution in [0.1, 0.15) is 23.8 Å². The Balaban J connectivity index is 1.91. The zero-order valence-corrected chi connectivity index (χ0v) is 9.83. The number of carbonyl (C=O) groups is 1. The zero-order valence-electron chi connectivity index (χ0n) is 9.83. The Morgan fingerprint density at radius 3 is 3.00 bits per heavy atom. The van der Waals surface area contributed by atoms with Crippen LogP contribution in [0, 0.1) is 10.1 Å². The Morgan fingerprint density at radius 1 is 1.67 bits per heavy atom. The van der Waals surface area contributed by atoms with E-state index in [4.69, 9.17) is 4.74 Å². The van der Waals surface area contributed by atoms with E-state index in [1.54, 1.807) is 0 Å². The first-order valence-electron chi connectivity index (χ1n) is 5.64. The van der Waals surface area contributed by atoms with Crippen LogP contribution in [0.4, 0.5) is 5.69 Å². The molecule has 96 valence electrons. The molecule has 7 heteroatoms. The maximum atomic E-state index is 11.7. The quantitative estimate of drug-likeness (QED) is 0.619. The zero-order chi connectivity index (χ0) is 13.1. The number of pyridine rings is 1. The van der Waals surface area contributed by atoms with E-state index in [1.807, 2.05) is 6.92 Å². The Kier molecular flexibility index (Phi) is 3.52. The fourth-order valence-corrected chi connectivity index (χ4v) is 1.59. The summed E-state index contributed by atoms with van der Waals surface area (Å²) in [7, 11) is 0. The van der Waals surface area contributed by atoms with Gasteiger partial charge < -0.3 is 10.1 Å². The number of carbonyl (C=O) groups excluding carboxylic acids is 1. The highest BCUT2D eigenvalue weighted by Gasteiger charge is 2.39. The van der Waals surface area contributed by atoms with E-state index in [0.29, 0.717) is 6.61 Å². The molecule has 0 aromatic carbocycles. The molecule has 0 unspecified atom stereocenters. The maximum absolute atomic E-state index is 11.7. The second-order valence-electron chi connectivity index (χ2n) is 3.97. The van der Waals surface area contributed by atoms with Crippen molar-refractivity contribution in [2.24, 2.45) is 0 Å². The molecule has 1 aliphatic carbocycles. The number of nitrogens with one attached hydrogen (secondary N) is 1. The summed E-state index contributed by atoms with van der Waals surface area (Å²) in [5.41, 5.74) is 0.0351. The number of rotatable bonds is 5. The van der Waals surface area contributed by atoms with E-state index in [0.717, 1.165) is 12.6 Å². The molecule has 1 aromatic rings. The normalized spacial score (nSPS) is 21.4. The summed E-state index contributed by atoms with van der Waals surface area (Å²) >= 11 is 0. The summed E-state index contributed by atoms with van der Waals surface area (Å²) in [6, 6.07) is 2.62. The first-order chi connectivity index (χ1) is 8.61. The monoisotopic (exact) mass is 251 g/mol. The van der Waals surface area contributed by atoms with Gasteiger partial charge in [0.25, 0.3) is 11.6 Å². The first kappa shape index (κ1) is 12.4. The Bertz CT molecular complexity index is 460. The van der Waals surface area contributed by atoms with E-state index in [-0.39, 0.29) is 29.4 Å². The molecule has 0 spiro atoms. The van der Waals surface area contributed by atoms with E-state index in [9.17, 15) is 14.9 Å². The van der Waals surface area contributed by atoms with Gasteiger partial charge in [0.15, 0.2) is 0 Å². The lowest BCUT2D eigenvalue weighted by atomic mass is 10.3. The van der Waals surface area contributed by atoms with Gasteiger partial charge in [-0.2, -0.15) is 0 Å². The number of hydrogen-bond acceptors (Lipinski definition) is 5. The van der Waals surface area contributed by atoms with Crippen LogP contribution in [0.3, 0.4) is 0 Å². The van der Waals surface area contributed by atoms with Crippen LogP contribution in [0.5, 0.6) is 0 Å². The molecule has 1 aromatic heterocycles. The third-order valence-electron chi connectivity index (χ3n) is 2.62.